The molecule has 1 heterocycles. The molecule has 1 N–H and O–H groups in total. The SMILES string of the molecule is CC1CCNC(CCc2ccccc2[N+](=O)[O-])C1. The summed E-state index contributed by atoms with van der Waals surface area (Å²) in [6.45, 7) is 3.35. The van der Waals surface area contributed by atoms with E-state index in [1.165, 1.54) is 12.8 Å². The zero-order valence-corrected chi connectivity index (χ0v) is 10.8. The predicted molar refractivity (Wildman–Crippen MR) is 71.6 cm³/mol. The van der Waals surface area contributed by atoms with Crippen LogP contribution in [-0.2, 0) is 6.42 Å². The minimum Gasteiger partial charge on any atom is -0.314 e. The summed E-state index contributed by atoms with van der Waals surface area (Å²) < 4.78 is 0. The zero-order valence-electron chi connectivity index (χ0n) is 10.8. The molecule has 0 saturated carbocycles. The highest BCUT2D eigenvalue weighted by molar-refractivity contribution is 5.39. The van der Waals surface area contributed by atoms with Crippen LogP contribution in [0.25, 0.3) is 0 Å². The molecule has 18 heavy (non-hydrogen) atoms. The molecule has 4 heteroatoms. The highest BCUT2D eigenvalue weighted by Gasteiger charge is 2.19. The number of nitro benzene ring substituents is 1. The number of rotatable bonds is 4. The molecule has 0 spiro atoms. The van der Waals surface area contributed by atoms with Gasteiger partial charge in [-0.3, -0.25) is 10.1 Å². The average Bonchev–Trinajstić information content (AvgIpc) is 2.37. The summed E-state index contributed by atoms with van der Waals surface area (Å²) in [5.41, 5.74) is 1.10. The van der Waals surface area contributed by atoms with E-state index in [0.29, 0.717) is 6.04 Å². The monoisotopic (exact) mass is 248 g/mol. The van der Waals surface area contributed by atoms with E-state index in [1.807, 2.05) is 12.1 Å². The first-order chi connectivity index (χ1) is 8.66. The zero-order chi connectivity index (χ0) is 13.0. The second-order valence-electron chi connectivity index (χ2n) is 5.21. The van der Waals surface area contributed by atoms with Gasteiger partial charge in [-0.1, -0.05) is 25.1 Å². The predicted octanol–water partition coefficient (Wildman–Crippen LogP) is 2.92. The molecular weight excluding hydrogens is 228 g/mol. The Hall–Kier alpha value is -1.42. The van der Waals surface area contributed by atoms with Gasteiger partial charge in [-0.25, -0.2) is 0 Å². The van der Waals surface area contributed by atoms with E-state index in [-0.39, 0.29) is 10.6 Å². The lowest BCUT2D eigenvalue weighted by Crippen LogP contribution is -2.37. The summed E-state index contributed by atoms with van der Waals surface area (Å²) in [6, 6.07) is 7.56. The fourth-order valence-electron chi connectivity index (χ4n) is 2.67. The van der Waals surface area contributed by atoms with Crippen LogP contribution in [0, 0.1) is 16.0 Å². The Morgan fingerprint density at radius 1 is 1.44 bits per heavy atom. The first-order valence-corrected chi connectivity index (χ1v) is 6.62. The number of benzene rings is 1. The number of aryl methyl sites for hydroxylation is 1. The van der Waals surface area contributed by atoms with Crippen LogP contribution in [0.5, 0.6) is 0 Å². The first kappa shape index (κ1) is 13.0. The van der Waals surface area contributed by atoms with Crippen LogP contribution in [0.2, 0.25) is 0 Å². The number of nitro groups is 1. The minimum atomic E-state index is -0.285. The van der Waals surface area contributed by atoms with Crippen molar-refractivity contribution in [2.45, 2.75) is 38.6 Å². The lowest BCUT2D eigenvalue weighted by Gasteiger charge is -2.28. The molecule has 2 unspecified atom stereocenters. The van der Waals surface area contributed by atoms with Gasteiger partial charge in [0.1, 0.15) is 0 Å². The lowest BCUT2D eigenvalue weighted by atomic mass is 9.90. The number of hydrogen-bond donors (Lipinski definition) is 1. The number of piperidine rings is 1. The molecule has 2 rings (SSSR count). The molecular formula is C14H20N2O2. The van der Waals surface area contributed by atoms with Gasteiger partial charge in [-0.05, 0) is 38.1 Å². The number of para-hydroxylation sites is 1. The highest BCUT2D eigenvalue weighted by Crippen LogP contribution is 2.22. The topological polar surface area (TPSA) is 55.2 Å². The average molecular weight is 248 g/mol. The lowest BCUT2D eigenvalue weighted by molar-refractivity contribution is -0.385. The number of nitrogens with one attached hydrogen (secondary N) is 1. The van der Waals surface area contributed by atoms with Crippen molar-refractivity contribution in [1.82, 2.24) is 5.32 Å². The van der Waals surface area contributed by atoms with Crippen LogP contribution in [0.15, 0.2) is 24.3 Å². The first-order valence-electron chi connectivity index (χ1n) is 6.62. The Balaban J connectivity index is 1.95. The Bertz CT molecular complexity index is 420. The van der Waals surface area contributed by atoms with Crippen LogP contribution < -0.4 is 5.32 Å². The molecule has 0 amide bonds. The van der Waals surface area contributed by atoms with Gasteiger partial charge in [0.25, 0.3) is 5.69 Å². The van der Waals surface area contributed by atoms with Crippen molar-refractivity contribution < 1.29 is 4.92 Å². The smallest absolute Gasteiger partial charge is 0.272 e. The maximum Gasteiger partial charge on any atom is 0.272 e. The van der Waals surface area contributed by atoms with E-state index in [0.717, 1.165) is 30.9 Å². The molecule has 0 radical (unpaired) electrons. The normalized spacial score (nSPS) is 23.8. The van der Waals surface area contributed by atoms with Crippen LogP contribution in [0.3, 0.4) is 0 Å². The molecule has 4 nitrogen and oxygen atoms in total. The molecule has 1 fully saturated rings. The van der Waals surface area contributed by atoms with Gasteiger partial charge < -0.3 is 5.32 Å². The van der Waals surface area contributed by atoms with E-state index < -0.39 is 0 Å². The third-order valence-electron chi connectivity index (χ3n) is 3.71. The van der Waals surface area contributed by atoms with Crippen molar-refractivity contribution in [1.29, 1.82) is 0 Å². The van der Waals surface area contributed by atoms with Gasteiger partial charge in [0.15, 0.2) is 0 Å². The van der Waals surface area contributed by atoms with Crippen LogP contribution in [0.4, 0.5) is 5.69 Å². The molecule has 1 saturated heterocycles. The summed E-state index contributed by atoms with van der Waals surface area (Å²) >= 11 is 0. The molecule has 0 aromatic heterocycles. The van der Waals surface area contributed by atoms with Gasteiger partial charge in [0, 0.05) is 17.7 Å². The summed E-state index contributed by atoms with van der Waals surface area (Å²) in [5.74, 6) is 0.766. The third kappa shape index (κ3) is 3.29. The Labute approximate surface area is 108 Å². The largest absolute Gasteiger partial charge is 0.314 e. The van der Waals surface area contributed by atoms with Crippen LogP contribution >= 0.6 is 0 Å². The fourth-order valence-corrected chi connectivity index (χ4v) is 2.67. The summed E-state index contributed by atoms with van der Waals surface area (Å²) in [4.78, 5) is 10.6. The number of nitrogens with zero attached hydrogens (tertiary/aromatic N) is 1. The van der Waals surface area contributed by atoms with Gasteiger partial charge in [-0.2, -0.15) is 0 Å². The minimum absolute atomic E-state index is 0.251. The van der Waals surface area contributed by atoms with E-state index >= 15 is 0 Å². The van der Waals surface area contributed by atoms with Crippen molar-refractivity contribution in [3.63, 3.8) is 0 Å². The Morgan fingerprint density at radius 2 is 2.22 bits per heavy atom. The van der Waals surface area contributed by atoms with E-state index in [9.17, 15) is 10.1 Å². The van der Waals surface area contributed by atoms with Gasteiger partial charge >= 0.3 is 0 Å². The Kier molecular flexibility index (Phi) is 4.31. The van der Waals surface area contributed by atoms with Gasteiger partial charge in [0.2, 0.25) is 0 Å². The second kappa shape index (κ2) is 5.96. The van der Waals surface area contributed by atoms with E-state index in [4.69, 9.17) is 0 Å². The van der Waals surface area contributed by atoms with Crippen LogP contribution in [0.1, 0.15) is 31.7 Å². The van der Waals surface area contributed by atoms with E-state index in [2.05, 4.69) is 12.2 Å². The molecule has 1 aliphatic rings. The highest BCUT2D eigenvalue weighted by atomic mass is 16.6. The third-order valence-corrected chi connectivity index (χ3v) is 3.71. The fraction of sp³-hybridized carbons (Fsp3) is 0.571. The molecule has 2 atom stereocenters. The maximum absolute atomic E-state index is 10.9. The quantitative estimate of drug-likeness (QED) is 0.658. The van der Waals surface area contributed by atoms with Crippen molar-refractivity contribution in [3.8, 4) is 0 Å². The van der Waals surface area contributed by atoms with Gasteiger partial charge in [0.05, 0.1) is 4.92 Å². The maximum atomic E-state index is 10.9. The Morgan fingerprint density at radius 3 is 2.94 bits per heavy atom. The van der Waals surface area contributed by atoms with Crippen molar-refractivity contribution in [2.24, 2.45) is 5.92 Å². The van der Waals surface area contributed by atoms with E-state index in [1.54, 1.807) is 12.1 Å². The molecule has 1 aliphatic heterocycles. The molecule has 1 aromatic rings. The summed E-state index contributed by atoms with van der Waals surface area (Å²) in [6.07, 6.45) is 4.18. The van der Waals surface area contributed by atoms with Crippen molar-refractivity contribution in [2.75, 3.05) is 6.54 Å². The molecule has 98 valence electrons. The summed E-state index contributed by atoms with van der Waals surface area (Å²) in [7, 11) is 0. The molecule has 0 bridgehead atoms. The molecule has 0 aliphatic carbocycles. The standard InChI is InChI=1S/C14H20N2O2/c1-11-8-9-15-13(10-11)7-6-12-4-2-3-5-14(12)16(17)18/h2-5,11,13,15H,6-10H2,1H3. The van der Waals surface area contributed by atoms with Crippen molar-refractivity contribution in [3.05, 3.63) is 39.9 Å². The van der Waals surface area contributed by atoms with Gasteiger partial charge in [-0.15, -0.1) is 0 Å². The van der Waals surface area contributed by atoms with Crippen LogP contribution in [-0.4, -0.2) is 17.5 Å². The second-order valence-corrected chi connectivity index (χ2v) is 5.21. The summed E-state index contributed by atoms with van der Waals surface area (Å²) in [5, 5.41) is 14.4. The van der Waals surface area contributed by atoms with Crippen molar-refractivity contribution >= 4 is 5.69 Å². The number of hydrogen-bond acceptors (Lipinski definition) is 3. The molecule has 1 aromatic carbocycles.